The van der Waals surface area contributed by atoms with E-state index in [1.165, 1.54) is 12.1 Å². The highest BCUT2D eigenvalue weighted by Crippen LogP contribution is 2.37. The third-order valence-corrected chi connectivity index (χ3v) is 5.99. The van der Waals surface area contributed by atoms with E-state index in [4.69, 9.17) is 0 Å². The number of amides is 1. The third kappa shape index (κ3) is 3.60. The zero-order chi connectivity index (χ0) is 22.1. The maximum atomic E-state index is 13.5. The van der Waals surface area contributed by atoms with E-state index in [1.54, 1.807) is 18.5 Å². The van der Waals surface area contributed by atoms with E-state index < -0.39 is 0 Å². The van der Waals surface area contributed by atoms with Crippen molar-refractivity contribution in [1.82, 2.24) is 19.4 Å². The first-order valence-electron chi connectivity index (χ1n) is 10.9. The number of rotatable bonds is 4. The number of carbonyl (C=O) groups is 1. The van der Waals surface area contributed by atoms with E-state index in [0.717, 1.165) is 33.7 Å². The van der Waals surface area contributed by atoms with Gasteiger partial charge in [-0.25, -0.2) is 14.4 Å². The van der Waals surface area contributed by atoms with Crippen molar-refractivity contribution < 1.29 is 9.18 Å². The molecule has 3 heterocycles. The highest BCUT2D eigenvalue weighted by molar-refractivity contribution is 6.02. The summed E-state index contributed by atoms with van der Waals surface area (Å²) in [5.74, 6) is 0.770. The summed E-state index contributed by atoms with van der Waals surface area (Å²) >= 11 is 0. The monoisotopic (exact) mass is 429 g/mol. The number of piperazine rings is 1. The molecule has 5 rings (SSSR count). The first kappa shape index (κ1) is 20.2. The molecule has 162 valence electrons. The number of benzene rings is 2. The van der Waals surface area contributed by atoms with Crippen LogP contribution in [0, 0.1) is 5.82 Å². The summed E-state index contributed by atoms with van der Waals surface area (Å²) in [6, 6.07) is 16.6. The fourth-order valence-corrected chi connectivity index (χ4v) is 4.31. The number of aromatic nitrogens is 3. The van der Waals surface area contributed by atoms with Crippen LogP contribution in [-0.2, 0) is 4.79 Å². The molecule has 0 N–H and O–H groups in total. The number of anilines is 1. The van der Waals surface area contributed by atoms with Crippen LogP contribution < -0.4 is 4.90 Å². The summed E-state index contributed by atoms with van der Waals surface area (Å²) in [6.45, 7) is 4.68. The van der Waals surface area contributed by atoms with Gasteiger partial charge in [-0.1, -0.05) is 37.3 Å². The van der Waals surface area contributed by atoms with Crippen LogP contribution in [0.2, 0.25) is 0 Å². The summed E-state index contributed by atoms with van der Waals surface area (Å²) in [6.07, 6.45) is 4.15. The molecule has 1 saturated heterocycles. The van der Waals surface area contributed by atoms with Crippen LogP contribution in [0.5, 0.6) is 0 Å². The van der Waals surface area contributed by atoms with Crippen LogP contribution in [0.1, 0.15) is 13.3 Å². The Bertz CT molecular complexity index is 1240. The van der Waals surface area contributed by atoms with Gasteiger partial charge in [0, 0.05) is 50.0 Å². The highest BCUT2D eigenvalue weighted by atomic mass is 19.1. The summed E-state index contributed by atoms with van der Waals surface area (Å²) < 4.78 is 15.5. The number of hydrogen-bond donors (Lipinski definition) is 0. The largest absolute Gasteiger partial charge is 0.352 e. The first-order chi connectivity index (χ1) is 15.7. The quantitative estimate of drug-likeness (QED) is 0.486. The molecule has 1 aliphatic rings. The molecule has 7 heteroatoms. The molecule has 1 fully saturated rings. The molecule has 2 aromatic carbocycles. The van der Waals surface area contributed by atoms with Gasteiger partial charge in [0.1, 0.15) is 18.0 Å². The van der Waals surface area contributed by atoms with E-state index in [-0.39, 0.29) is 11.7 Å². The molecule has 32 heavy (non-hydrogen) atoms. The second kappa shape index (κ2) is 8.42. The fraction of sp³-hybridized carbons (Fsp3) is 0.240. The molecule has 6 nitrogen and oxygen atoms in total. The van der Waals surface area contributed by atoms with Gasteiger partial charge < -0.3 is 14.4 Å². The van der Waals surface area contributed by atoms with Crippen molar-refractivity contribution in [3.8, 4) is 16.8 Å². The van der Waals surface area contributed by atoms with E-state index in [9.17, 15) is 9.18 Å². The molecular weight excluding hydrogens is 405 g/mol. The molecular formula is C25H24FN5O. The Balaban J connectivity index is 1.63. The molecule has 0 unspecified atom stereocenters. The summed E-state index contributed by atoms with van der Waals surface area (Å²) in [5, 5.41) is 0.957. The molecule has 0 aliphatic carbocycles. The normalized spacial score (nSPS) is 14.2. The highest BCUT2D eigenvalue weighted by Gasteiger charge is 2.25. The maximum absolute atomic E-state index is 13.5. The van der Waals surface area contributed by atoms with Gasteiger partial charge in [-0.15, -0.1) is 0 Å². The first-order valence-corrected chi connectivity index (χ1v) is 10.9. The number of halogens is 1. The molecule has 4 aromatic rings. The Morgan fingerprint density at radius 3 is 2.38 bits per heavy atom. The molecule has 0 spiro atoms. The van der Waals surface area contributed by atoms with Gasteiger partial charge in [-0.05, 0) is 29.8 Å². The van der Waals surface area contributed by atoms with Gasteiger partial charge in [-0.2, -0.15) is 0 Å². The van der Waals surface area contributed by atoms with Crippen LogP contribution >= 0.6 is 0 Å². The SMILES string of the molecule is CCC(=O)N1CCN(c2ncnc3c2c(-c2ccccc2)cn3-c2ccc(F)cc2)CC1. The second-order valence-electron chi connectivity index (χ2n) is 7.87. The van der Waals surface area contributed by atoms with Crippen LogP contribution in [0.25, 0.3) is 27.8 Å². The Morgan fingerprint density at radius 2 is 1.69 bits per heavy atom. The lowest BCUT2D eigenvalue weighted by Gasteiger charge is -2.35. The van der Waals surface area contributed by atoms with Crippen molar-refractivity contribution in [1.29, 1.82) is 0 Å². The van der Waals surface area contributed by atoms with E-state index >= 15 is 0 Å². The minimum absolute atomic E-state index is 0.185. The fourth-order valence-electron chi connectivity index (χ4n) is 4.31. The van der Waals surface area contributed by atoms with Gasteiger partial charge in [0.15, 0.2) is 5.65 Å². The predicted molar refractivity (Wildman–Crippen MR) is 123 cm³/mol. The molecule has 0 bridgehead atoms. The smallest absolute Gasteiger partial charge is 0.222 e. The van der Waals surface area contributed by atoms with E-state index in [2.05, 4.69) is 27.0 Å². The molecule has 0 saturated carbocycles. The summed E-state index contributed by atoms with van der Waals surface area (Å²) in [7, 11) is 0. The topological polar surface area (TPSA) is 54.3 Å². The Kier molecular flexibility index (Phi) is 5.31. The van der Waals surface area contributed by atoms with Crippen molar-refractivity contribution in [2.45, 2.75) is 13.3 Å². The van der Waals surface area contributed by atoms with Crippen LogP contribution in [0.3, 0.4) is 0 Å². The molecule has 0 atom stereocenters. The predicted octanol–water partition coefficient (Wildman–Crippen LogP) is 4.29. The Morgan fingerprint density at radius 1 is 0.969 bits per heavy atom. The summed E-state index contributed by atoms with van der Waals surface area (Å²) in [5.41, 5.74) is 3.69. The lowest BCUT2D eigenvalue weighted by Crippen LogP contribution is -2.48. The standard InChI is InChI=1S/C25H24FN5O/c1-2-22(32)29-12-14-30(15-13-29)24-23-21(18-6-4-3-5-7-18)16-31(25(23)28-17-27-24)20-10-8-19(26)9-11-20/h3-11,16-17H,2,12-15H2,1H3. The van der Waals surface area contributed by atoms with Crippen LogP contribution in [0.4, 0.5) is 10.2 Å². The number of hydrogen-bond acceptors (Lipinski definition) is 4. The van der Waals surface area contributed by atoms with Crippen molar-refractivity contribution >= 4 is 22.8 Å². The van der Waals surface area contributed by atoms with Crippen molar-refractivity contribution in [3.05, 3.63) is 72.9 Å². The van der Waals surface area contributed by atoms with Gasteiger partial charge in [0.05, 0.1) is 5.39 Å². The lowest BCUT2D eigenvalue weighted by molar-refractivity contribution is -0.131. The van der Waals surface area contributed by atoms with Gasteiger partial charge in [0.2, 0.25) is 5.91 Å². The van der Waals surface area contributed by atoms with Crippen LogP contribution in [0.15, 0.2) is 67.1 Å². The van der Waals surface area contributed by atoms with Crippen molar-refractivity contribution in [2.75, 3.05) is 31.1 Å². The average Bonchev–Trinajstić information content (AvgIpc) is 3.24. The van der Waals surface area contributed by atoms with E-state index in [1.807, 2.05) is 40.8 Å². The lowest BCUT2D eigenvalue weighted by atomic mass is 10.1. The average molecular weight is 429 g/mol. The molecule has 1 aliphatic heterocycles. The second-order valence-corrected chi connectivity index (χ2v) is 7.87. The number of nitrogens with zero attached hydrogens (tertiary/aromatic N) is 5. The third-order valence-electron chi connectivity index (χ3n) is 5.99. The van der Waals surface area contributed by atoms with Gasteiger partial charge in [0.25, 0.3) is 0 Å². The summed E-state index contributed by atoms with van der Waals surface area (Å²) in [4.78, 5) is 25.5. The number of fused-ring (bicyclic) bond motifs is 1. The Hall–Kier alpha value is -3.74. The van der Waals surface area contributed by atoms with Crippen molar-refractivity contribution in [2.24, 2.45) is 0 Å². The maximum Gasteiger partial charge on any atom is 0.222 e. The molecule has 2 aromatic heterocycles. The molecule has 1 amide bonds. The van der Waals surface area contributed by atoms with E-state index in [0.29, 0.717) is 32.6 Å². The minimum atomic E-state index is -0.275. The number of carbonyl (C=O) groups excluding carboxylic acids is 1. The Labute approximate surface area is 185 Å². The molecule has 0 radical (unpaired) electrons. The minimum Gasteiger partial charge on any atom is -0.352 e. The zero-order valence-corrected chi connectivity index (χ0v) is 17.9. The van der Waals surface area contributed by atoms with Crippen molar-refractivity contribution in [3.63, 3.8) is 0 Å². The van der Waals surface area contributed by atoms with Crippen LogP contribution in [-0.4, -0.2) is 51.5 Å². The van der Waals surface area contributed by atoms with Gasteiger partial charge in [-0.3, -0.25) is 4.79 Å². The van der Waals surface area contributed by atoms with Gasteiger partial charge >= 0.3 is 0 Å². The zero-order valence-electron chi connectivity index (χ0n) is 17.9.